The highest BCUT2D eigenvalue weighted by molar-refractivity contribution is 8.00. The van der Waals surface area contributed by atoms with Crippen LogP contribution in [0.15, 0.2) is 59.6 Å². The Hall–Kier alpha value is -3.81. The van der Waals surface area contributed by atoms with Gasteiger partial charge in [0.05, 0.1) is 11.3 Å². The number of pyridine rings is 1. The van der Waals surface area contributed by atoms with E-state index in [2.05, 4.69) is 22.4 Å². The first-order valence-corrected chi connectivity index (χ1v) is 10.2. The number of nitriles is 2. The molecule has 2 aromatic carbocycles. The molecule has 0 aliphatic carbocycles. The van der Waals surface area contributed by atoms with Crippen molar-refractivity contribution < 1.29 is 4.79 Å². The first kappa shape index (κ1) is 20.9. The van der Waals surface area contributed by atoms with Crippen molar-refractivity contribution in [3.63, 3.8) is 0 Å². The summed E-state index contributed by atoms with van der Waals surface area (Å²) in [5.74, 6) is -0.0682. The highest BCUT2D eigenvalue weighted by atomic mass is 32.2. The third-order valence-electron chi connectivity index (χ3n) is 4.43. The second-order valence-corrected chi connectivity index (χ2v) is 7.53. The summed E-state index contributed by atoms with van der Waals surface area (Å²) in [5.41, 5.74) is 9.61. The molecule has 0 aliphatic rings. The number of thioether (sulfide) groups is 1. The van der Waals surface area contributed by atoms with Crippen LogP contribution in [0.1, 0.15) is 22.3 Å². The maximum absolute atomic E-state index is 12.3. The molecule has 7 heteroatoms. The van der Waals surface area contributed by atoms with Gasteiger partial charge in [-0.3, -0.25) is 4.79 Å². The molecular weight excluding hydrogens is 394 g/mol. The van der Waals surface area contributed by atoms with Gasteiger partial charge in [-0.25, -0.2) is 4.98 Å². The molecule has 3 rings (SSSR count). The number of hydrogen-bond acceptors (Lipinski definition) is 6. The lowest BCUT2D eigenvalue weighted by Gasteiger charge is -2.13. The number of nitrogens with one attached hydrogen (secondary N) is 1. The molecule has 1 aromatic heterocycles. The van der Waals surface area contributed by atoms with Crippen molar-refractivity contribution in [2.45, 2.75) is 18.5 Å². The summed E-state index contributed by atoms with van der Waals surface area (Å²) in [6, 6.07) is 21.3. The Labute approximate surface area is 179 Å². The summed E-state index contributed by atoms with van der Waals surface area (Å²) in [4.78, 5) is 16.5. The lowest BCUT2D eigenvalue weighted by molar-refractivity contribution is -0.118. The maximum Gasteiger partial charge on any atom is 0.230 e. The van der Waals surface area contributed by atoms with Crippen LogP contribution in [0, 0.1) is 29.6 Å². The minimum atomic E-state index is -0.186. The van der Waals surface area contributed by atoms with Crippen molar-refractivity contribution in [2.75, 3.05) is 11.5 Å². The Balaban J connectivity index is 1.84. The average Bonchev–Trinajstić information content (AvgIpc) is 2.77. The van der Waals surface area contributed by atoms with Gasteiger partial charge >= 0.3 is 0 Å². The van der Waals surface area contributed by atoms with Gasteiger partial charge in [0.25, 0.3) is 0 Å². The molecular formula is C23H19N5OS. The predicted molar refractivity (Wildman–Crippen MR) is 117 cm³/mol. The minimum absolute atomic E-state index is 0.0410. The molecule has 1 amide bonds. The van der Waals surface area contributed by atoms with Gasteiger partial charge in [0.2, 0.25) is 5.91 Å². The van der Waals surface area contributed by atoms with E-state index in [1.165, 1.54) is 0 Å². The topological polar surface area (TPSA) is 116 Å². The molecule has 0 bridgehead atoms. The smallest absolute Gasteiger partial charge is 0.230 e. The quantitative estimate of drug-likeness (QED) is 0.594. The fourth-order valence-electron chi connectivity index (χ4n) is 2.89. The van der Waals surface area contributed by atoms with Gasteiger partial charge in [-0.2, -0.15) is 10.5 Å². The van der Waals surface area contributed by atoms with E-state index in [0.29, 0.717) is 22.7 Å². The normalized spacial score (nSPS) is 10.1. The number of hydrogen-bond donors (Lipinski definition) is 2. The summed E-state index contributed by atoms with van der Waals surface area (Å²) in [7, 11) is 0. The van der Waals surface area contributed by atoms with Crippen molar-refractivity contribution in [2.24, 2.45) is 0 Å². The van der Waals surface area contributed by atoms with E-state index in [1.54, 1.807) is 0 Å². The number of nitrogen functional groups attached to an aromatic ring is 1. The molecule has 0 saturated carbocycles. The second-order valence-electron chi connectivity index (χ2n) is 6.57. The Morgan fingerprint density at radius 2 is 1.73 bits per heavy atom. The summed E-state index contributed by atoms with van der Waals surface area (Å²) in [6.07, 6.45) is 0. The molecule has 148 valence electrons. The van der Waals surface area contributed by atoms with Crippen molar-refractivity contribution in [1.82, 2.24) is 10.3 Å². The zero-order chi connectivity index (χ0) is 21.5. The molecule has 0 atom stereocenters. The number of benzene rings is 2. The van der Waals surface area contributed by atoms with Crippen LogP contribution in [0.5, 0.6) is 0 Å². The Bertz CT molecular complexity index is 1150. The van der Waals surface area contributed by atoms with Crippen LogP contribution >= 0.6 is 11.8 Å². The average molecular weight is 414 g/mol. The summed E-state index contributed by atoms with van der Waals surface area (Å²) in [6.45, 7) is 2.37. The highest BCUT2D eigenvalue weighted by Gasteiger charge is 2.21. The van der Waals surface area contributed by atoms with Crippen LogP contribution in [0.25, 0.3) is 11.1 Å². The van der Waals surface area contributed by atoms with Crippen molar-refractivity contribution >= 4 is 23.5 Å². The van der Waals surface area contributed by atoms with Crippen LogP contribution in [0.4, 0.5) is 5.82 Å². The van der Waals surface area contributed by atoms with Gasteiger partial charge in [-0.15, -0.1) is 0 Å². The molecule has 0 unspecified atom stereocenters. The Morgan fingerprint density at radius 1 is 1.07 bits per heavy atom. The van der Waals surface area contributed by atoms with E-state index >= 15 is 0 Å². The molecule has 0 aliphatic heterocycles. The number of anilines is 1. The number of carbonyl (C=O) groups is 1. The standard InChI is InChI=1S/C23H19N5OS/c1-15-7-9-17(10-8-15)21-18(11-24)22(26)28-23(19(21)12-25)30-14-20(29)27-13-16-5-3-2-4-6-16/h2-10H,13-14H2,1H3,(H2,26,28)(H,27,29). The summed E-state index contributed by atoms with van der Waals surface area (Å²) < 4.78 is 0. The molecule has 0 radical (unpaired) electrons. The lowest BCUT2D eigenvalue weighted by atomic mass is 9.96. The molecule has 3 aromatic rings. The van der Waals surface area contributed by atoms with Gasteiger partial charge in [0, 0.05) is 12.1 Å². The number of rotatable bonds is 6. The molecule has 0 saturated heterocycles. The molecule has 30 heavy (non-hydrogen) atoms. The Morgan fingerprint density at radius 3 is 2.37 bits per heavy atom. The SMILES string of the molecule is Cc1ccc(-c2c(C#N)c(N)nc(SCC(=O)NCc3ccccc3)c2C#N)cc1. The number of nitrogens with zero attached hydrogens (tertiary/aromatic N) is 3. The first-order chi connectivity index (χ1) is 14.5. The maximum atomic E-state index is 12.3. The zero-order valence-corrected chi connectivity index (χ0v) is 17.2. The number of aromatic nitrogens is 1. The third kappa shape index (κ3) is 4.78. The third-order valence-corrected chi connectivity index (χ3v) is 5.40. The lowest BCUT2D eigenvalue weighted by Crippen LogP contribution is -2.24. The number of nitrogens with two attached hydrogens (primary N) is 1. The van der Waals surface area contributed by atoms with E-state index < -0.39 is 0 Å². The van der Waals surface area contributed by atoms with E-state index in [9.17, 15) is 15.3 Å². The number of carbonyl (C=O) groups excluding carboxylic acids is 1. The van der Waals surface area contributed by atoms with Gasteiger partial charge in [0.1, 0.15) is 28.5 Å². The summed E-state index contributed by atoms with van der Waals surface area (Å²) >= 11 is 1.13. The fraction of sp³-hybridized carbons (Fsp3) is 0.130. The van der Waals surface area contributed by atoms with Gasteiger partial charge in [-0.05, 0) is 18.1 Å². The van der Waals surface area contributed by atoms with Crippen molar-refractivity contribution in [3.8, 4) is 23.3 Å². The van der Waals surface area contributed by atoms with Gasteiger partial charge in [-0.1, -0.05) is 71.9 Å². The molecule has 0 spiro atoms. The van der Waals surface area contributed by atoms with E-state index in [1.807, 2.05) is 61.5 Å². The van der Waals surface area contributed by atoms with E-state index in [4.69, 9.17) is 5.73 Å². The van der Waals surface area contributed by atoms with Crippen LogP contribution in [-0.4, -0.2) is 16.6 Å². The van der Waals surface area contributed by atoms with E-state index in [-0.39, 0.29) is 28.6 Å². The minimum Gasteiger partial charge on any atom is -0.383 e. The van der Waals surface area contributed by atoms with Gasteiger partial charge < -0.3 is 11.1 Å². The van der Waals surface area contributed by atoms with Crippen LogP contribution < -0.4 is 11.1 Å². The predicted octanol–water partition coefficient (Wildman–Crippen LogP) is 3.79. The summed E-state index contributed by atoms with van der Waals surface area (Å²) in [5, 5.41) is 22.5. The second kappa shape index (κ2) is 9.60. The highest BCUT2D eigenvalue weighted by Crippen LogP contribution is 2.35. The number of amides is 1. The zero-order valence-electron chi connectivity index (χ0n) is 16.3. The number of aryl methyl sites for hydroxylation is 1. The van der Waals surface area contributed by atoms with E-state index in [0.717, 1.165) is 22.9 Å². The molecule has 3 N–H and O–H groups in total. The molecule has 1 heterocycles. The van der Waals surface area contributed by atoms with Crippen LogP contribution in [-0.2, 0) is 11.3 Å². The first-order valence-electron chi connectivity index (χ1n) is 9.17. The van der Waals surface area contributed by atoms with Crippen LogP contribution in [0.2, 0.25) is 0 Å². The van der Waals surface area contributed by atoms with Crippen molar-refractivity contribution in [1.29, 1.82) is 10.5 Å². The van der Waals surface area contributed by atoms with Crippen molar-refractivity contribution in [3.05, 3.63) is 76.9 Å². The molecule has 6 nitrogen and oxygen atoms in total. The van der Waals surface area contributed by atoms with Gasteiger partial charge in [0.15, 0.2) is 0 Å². The molecule has 0 fully saturated rings. The monoisotopic (exact) mass is 413 g/mol. The Kier molecular flexibility index (Phi) is 6.69. The largest absolute Gasteiger partial charge is 0.383 e. The fourth-order valence-corrected chi connectivity index (χ4v) is 3.72. The van der Waals surface area contributed by atoms with Crippen LogP contribution in [0.3, 0.4) is 0 Å².